The maximum absolute atomic E-state index is 13.6. The molecule has 1 N–H and O–H groups in total. The number of carbonyl (C=O) groups is 2. The number of Topliss-reactive ketones (excluding diaryl/α,β-unsaturated/α-hetero) is 1. The summed E-state index contributed by atoms with van der Waals surface area (Å²) in [7, 11) is 0. The van der Waals surface area contributed by atoms with Crippen LogP contribution >= 0.6 is 0 Å². The molecule has 1 fully saturated rings. The van der Waals surface area contributed by atoms with Gasteiger partial charge in [0.15, 0.2) is 11.5 Å². The number of amides is 1. The van der Waals surface area contributed by atoms with E-state index in [0.717, 1.165) is 25.0 Å². The number of hydrogen-bond acceptors (Lipinski definition) is 6. The molecule has 0 unspecified atom stereocenters. The summed E-state index contributed by atoms with van der Waals surface area (Å²) < 4.78 is 24.7. The third-order valence-electron chi connectivity index (χ3n) is 6.36. The minimum Gasteiger partial charge on any atom is -0.503 e. The SMILES string of the molecule is O=C(C1=C(O)C(=O)N(CCCN2CCOCC2)[C@H]1c1ccc(F)cc1)c1cc2ccccc2o1. The Balaban J connectivity index is 1.45. The van der Waals surface area contributed by atoms with Gasteiger partial charge in [-0.2, -0.15) is 0 Å². The first-order valence-electron chi connectivity index (χ1n) is 11.4. The van der Waals surface area contributed by atoms with E-state index in [1.807, 2.05) is 12.1 Å². The molecular formula is C26H25FN2O5. The number of carbonyl (C=O) groups excluding carboxylic acids is 2. The second-order valence-corrected chi connectivity index (χ2v) is 8.50. The molecule has 3 aromatic rings. The Bertz CT molecular complexity index is 1210. The molecular weight excluding hydrogens is 439 g/mol. The first-order chi connectivity index (χ1) is 16.5. The van der Waals surface area contributed by atoms with Gasteiger partial charge in [0.25, 0.3) is 5.91 Å². The molecule has 1 amide bonds. The summed E-state index contributed by atoms with van der Waals surface area (Å²) in [5.41, 5.74) is 1.03. The Morgan fingerprint density at radius 1 is 1.06 bits per heavy atom. The maximum Gasteiger partial charge on any atom is 0.290 e. The van der Waals surface area contributed by atoms with Crippen molar-refractivity contribution in [2.75, 3.05) is 39.4 Å². The van der Waals surface area contributed by atoms with E-state index < -0.39 is 29.3 Å². The van der Waals surface area contributed by atoms with E-state index in [1.54, 1.807) is 18.2 Å². The lowest BCUT2D eigenvalue weighted by Gasteiger charge is -2.30. The highest BCUT2D eigenvalue weighted by Gasteiger charge is 2.44. The van der Waals surface area contributed by atoms with E-state index in [9.17, 15) is 19.1 Å². The molecule has 2 aliphatic rings. The Hall–Kier alpha value is -3.49. The van der Waals surface area contributed by atoms with Gasteiger partial charge in [-0.3, -0.25) is 14.5 Å². The van der Waals surface area contributed by atoms with Crippen molar-refractivity contribution < 1.29 is 28.2 Å². The first-order valence-corrected chi connectivity index (χ1v) is 11.4. The van der Waals surface area contributed by atoms with Gasteiger partial charge in [0.1, 0.15) is 11.4 Å². The monoisotopic (exact) mass is 464 g/mol. The standard InChI is InChI=1S/C26H25FN2O5/c27-19-8-6-17(7-9-19)23-22(24(30)21-16-18-4-1-2-5-20(18)34-21)25(31)26(32)29(23)11-3-10-28-12-14-33-15-13-28/h1-2,4-9,16,23,31H,3,10-15H2/t23-/m0/s1. The first kappa shape index (κ1) is 22.3. The lowest BCUT2D eigenvalue weighted by atomic mass is 9.95. The highest BCUT2D eigenvalue weighted by Crippen LogP contribution is 2.39. The third kappa shape index (κ3) is 4.22. The zero-order valence-electron chi connectivity index (χ0n) is 18.6. The number of para-hydroxylation sites is 1. The molecule has 0 radical (unpaired) electrons. The van der Waals surface area contributed by atoms with Crippen molar-refractivity contribution in [1.29, 1.82) is 0 Å². The lowest BCUT2D eigenvalue weighted by molar-refractivity contribution is -0.129. The van der Waals surface area contributed by atoms with Gasteiger partial charge in [-0.15, -0.1) is 0 Å². The van der Waals surface area contributed by atoms with Crippen LogP contribution in [0.15, 0.2) is 70.3 Å². The van der Waals surface area contributed by atoms with E-state index in [0.29, 0.717) is 37.3 Å². The smallest absolute Gasteiger partial charge is 0.290 e. The number of ether oxygens (including phenoxy) is 1. The topological polar surface area (TPSA) is 83.2 Å². The van der Waals surface area contributed by atoms with Crippen molar-refractivity contribution in [3.8, 4) is 0 Å². The van der Waals surface area contributed by atoms with Gasteiger partial charge in [-0.25, -0.2) is 4.39 Å². The number of hydrogen-bond donors (Lipinski definition) is 1. The predicted octanol–water partition coefficient (Wildman–Crippen LogP) is 3.87. The van der Waals surface area contributed by atoms with Crippen molar-refractivity contribution in [2.24, 2.45) is 0 Å². The van der Waals surface area contributed by atoms with Gasteiger partial charge < -0.3 is 19.2 Å². The molecule has 0 spiro atoms. The van der Waals surface area contributed by atoms with E-state index in [1.165, 1.54) is 29.2 Å². The number of nitrogens with zero attached hydrogens (tertiary/aromatic N) is 2. The van der Waals surface area contributed by atoms with Crippen molar-refractivity contribution in [2.45, 2.75) is 12.5 Å². The fourth-order valence-electron chi connectivity index (χ4n) is 4.62. The molecule has 34 heavy (non-hydrogen) atoms. The third-order valence-corrected chi connectivity index (χ3v) is 6.36. The molecule has 5 rings (SSSR count). The van der Waals surface area contributed by atoms with E-state index in [-0.39, 0.29) is 11.3 Å². The number of morpholine rings is 1. The number of benzene rings is 2. The van der Waals surface area contributed by atoms with Gasteiger partial charge in [-0.05, 0) is 36.2 Å². The summed E-state index contributed by atoms with van der Waals surface area (Å²) in [6.45, 7) is 4.11. The molecule has 176 valence electrons. The van der Waals surface area contributed by atoms with Crippen molar-refractivity contribution in [3.63, 3.8) is 0 Å². The van der Waals surface area contributed by atoms with Crippen LogP contribution < -0.4 is 0 Å². The van der Waals surface area contributed by atoms with Crippen LogP contribution in [0.4, 0.5) is 4.39 Å². The van der Waals surface area contributed by atoms with Crippen LogP contribution in [0.1, 0.15) is 28.6 Å². The van der Waals surface area contributed by atoms with Gasteiger partial charge in [-0.1, -0.05) is 30.3 Å². The largest absolute Gasteiger partial charge is 0.503 e. The Labute approximate surface area is 196 Å². The van der Waals surface area contributed by atoms with E-state index >= 15 is 0 Å². The zero-order chi connectivity index (χ0) is 23.7. The van der Waals surface area contributed by atoms with Crippen LogP contribution in [0, 0.1) is 5.82 Å². The Kier molecular flexibility index (Phi) is 6.17. The van der Waals surface area contributed by atoms with Gasteiger partial charge in [0.05, 0.1) is 24.8 Å². The molecule has 2 aliphatic heterocycles. The van der Waals surface area contributed by atoms with Crippen molar-refractivity contribution in [3.05, 3.63) is 83.1 Å². The number of aliphatic hydroxyl groups excluding tert-OH is 1. The minimum atomic E-state index is -0.835. The van der Waals surface area contributed by atoms with Crippen LogP contribution in [-0.4, -0.2) is 66.0 Å². The highest BCUT2D eigenvalue weighted by molar-refractivity contribution is 6.16. The fourth-order valence-corrected chi connectivity index (χ4v) is 4.62. The van der Waals surface area contributed by atoms with Crippen LogP contribution in [0.5, 0.6) is 0 Å². The number of ketones is 1. The number of fused-ring (bicyclic) bond motifs is 1. The normalized spacial score (nSPS) is 19.4. The van der Waals surface area contributed by atoms with Crippen LogP contribution in [0.25, 0.3) is 11.0 Å². The van der Waals surface area contributed by atoms with Crippen LogP contribution in [-0.2, 0) is 9.53 Å². The second kappa shape index (κ2) is 9.40. The van der Waals surface area contributed by atoms with Crippen LogP contribution in [0.3, 0.4) is 0 Å². The molecule has 1 atom stereocenters. The lowest BCUT2D eigenvalue weighted by Crippen LogP contribution is -2.39. The van der Waals surface area contributed by atoms with E-state index in [2.05, 4.69) is 4.90 Å². The highest BCUT2D eigenvalue weighted by atomic mass is 19.1. The maximum atomic E-state index is 13.6. The summed E-state index contributed by atoms with van der Waals surface area (Å²) in [6, 6.07) is 13.6. The van der Waals surface area contributed by atoms with Gasteiger partial charge in [0, 0.05) is 31.6 Å². The average Bonchev–Trinajstić information content (AvgIpc) is 3.40. The Morgan fingerprint density at radius 2 is 1.79 bits per heavy atom. The number of aliphatic hydroxyl groups is 1. The number of furan rings is 1. The molecule has 0 bridgehead atoms. The number of halogens is 1. The molecule has 1 saturated heterocycles. The minimum absolute atomic E-state index is 0.0397. The van der Waals surface area contributed by atoms with Crippen molar-refractivity contribution >= 4 is 22.7 Å². The second-order valence-electron chi connectivity index (χ2n) is 8.50. The summed E-state index contributed by atoms with van der Waals surface area (Å²) in [6.07, 6.45) is 0.656. The summed E-state index contributed by atoms with van der Waals surface area (Å²) >= 11 is 0. The molecule has 0 aliphatic carbocycles. The number of rotatable bonds is 7. The molecule has 2 aromatic carbocycles. The summed E-state index contributed by atoms with van der Waals surface area (Å²) in [5, 5.41) is 11.5. The predicted molar refractivity (Wildman–Crippen MR) is 123 cm³/mol. The average molecular weight is 464 g/mol. The van der Waals surface area contributed by atoms with Crippen LogP contribution in [0.2, 0.25) is 0 Å². The summed E-state index contributed by atoms with van der Waals surface area (Å²) in [4.78, 5) is 30.3. The molecule has 7 nitrogen and oxygen atoms in total. The molecule has 8 heteroatoms. The summed E-state index contributed by atoms with van der Waals surface area (Å²) in [5.74, 6) is -2.16. The van der Waals surface area contributed by atoms with E-state index in [4.69, 9.17) is 9.15 Å². The van der Waals surface area contributed by atoms with Gasteiger partial charge >= 0.3 is 0 Å². The van der Waals surface area contributed by atoms with Crippen molar-refractivity contribution in [1.82, 2.24) is 9.80 Å². The molecule has 1 aromatic heterocycles. The molecule has 3 heterocycles. The van der Waals surface area contributed by atoms with Gasteiger partial charge in [0.2, 0.25) is 5.78 Å². The molecule has 0 saturated carbocycles. The zero-order valence-corrected chi connectivity index (χ0v) is 18.6. The quantitative estimate of drug-likeness (QED) is 0.535. The fraction of sp³-hybridized carbons (Fsp3) is 0.308. The Morgan fingerprint density at radius 3 is 2.53 bits per heavy atom.